The molecule has 11 heteroatoms. The van der Waals surface area contributed by atoms with Gasteiger partial charge in [-0.25, -0.2) is 13.2 Å². The highest BCUT2D eigenvalue weighted by molar-refractivity contribution is 7.93. The Morgan fingerprint density at radius 1 is 1.23 bits per heavy atom. The number of nitrogens with zero attached hydrogens (tertiary/aromatic N) is 2. The number of nitrogens with one attached hydrogen (secondary N) is 1. The molecule has 0 bridgehead atoms. The minimum absolute atomic E-state index is 0.00651. The lowest BCUT2D eigenvalue weighted by atomic mass is 10.2. The number of thiophene rings is 1. The molecule has 0 aliphatic carbocycles. The molecule has 156 valence electrons. The number of carbonyl (C=O) groups is 3. The van der Waals surface area contributed by atoms with Gasteiger partial charge in [0, 0.05) is 12.8 Å². The molecule has 2 amide bonds. The van der Waals surface area contributed by atoms with E-state index in [0.717, 1.165) is 16.2 Å². The smallest absolute Gasteiger partial charge is 0.348 e. The van der Waals surface area contributed by atoms with Gasteiger partial charge in [-0.1, -0.05) is 0 Å². The van der Waals surface area contributed by atoms with Crippen molar-refractivity contribution in [1.82, 2.24) is 0 Å². The van der Waals surface area contributed by atoms with E-state index in [2.05, 4.69) is 4.72 Å². The zero-order valence-corrected chi connectivity index (χ0v) is 17.7. The first kappa shape index (κ1) is 21.5. The minimum atomic E-state index is -4.09. The quantitative estimate of drug-likeness (QED) is 0.531. The molecule has 9 nitrogen and oxygen atoms in total. The second-order valence-corrected chi connectivity index (χ2v) is 9.02. The minimum Gasteiger partial charge on any atom is -0.462 e. The van der Waals surface area contributed by atoms with Gasteiger partial charge in [0.25, 0.3) is 10.0 Å². The van der Waals surface area contributed by atoms with Crippen LogP contribution in [0.2, 0.25) is 0 Å². The zero-order chi connectivity index (χ0) is 22.1. The van der Waals surface area contributed by atoms with Crippen molar-refractivity contribution in [3.8, 4) is 6.07 Å². The van der Waals surface area contributed by atoms with Crippen molar-refractivity contribution in [1.29, 1.82) is 5.26 Å². The zero-order valence-electron chi connectivity index (χ0n) is 16.1. The van der Waals surface area contributed by atoms with E-state index in [-0.39, 0.29) is 57.3 Å². The van der Waals surface area contributed by atoms with Crippen LogP contribution in [0.1, 0.15) is 40.6 Å². The van der Waals surface area contributed by atoms with Crippen molar-refractivity contribution in [3.05, 3.63) is 40.3 Å². The molecule has 0 saturated carbocycles. The van der Waals surface area contributed by atoms with Gasteiger partial charge in [-0.3, -0.25) is 19.2 Å². The molecule has 0 radical (unpaired) electrons. The van der Waals surface area contributed by atoms with Crippen molar-refractivity contribution in [2.45, 2.75) is 31.6 Å². The first-order valence-corrected chi connectivity index (χ1v) is 11.2. The molecule has 1 N–H and O–H groups in total. The standard InChI is InChI=1S/C19H17N3O6S2/c1-3-28-19(25)17-11(2)14(10-20)18(29-17)21-30(26,27)13-6-4-12(5-7-13)22-15(23)8-9-16(22)24/h4-7,21H,3,8-9H2,1-2H3. The van der Waals surface area contributed by atoms with Gasteiger partial charge in [-0.2, -0.15) is 5.26 Å². The number of esters is 1. The summed E-state index contributed by atoms with van der Waals surface area (Å²) in [4.78, 5) is 36.7. The van der Waals surface area contributed by atoms with Crippen LogP contribution in [0.5, 0.6) is 0 Å². The predicted molar refractivity (Wildman–Crippen MR) is 109 cm³/mol. The Kier molecular flexibility index (Phi) is 5.91. The van der Waals surface area contributed by atoms with E-state index in [9.17, 15) is 28.1 Å². The third-order valence-corrected chi connectivity index (χ3v) is 7.09. The SMILES string of the molecule is CCOC(=O)c1sc(NS(=O)(=O)c2ccc(N3C(=O)CCC3=O)cc2)c(C#N)c1C. The number of amides is 2. The third-order valence-electron chi connectivity index (χ3n) is 4.40. The maximum Gasteiger partial charge on any atom is 0.348 e. The third kappa shape index (κ3) is 3.92. The van der Waals surface area contributed by atoms with E-state index in [0.29, 0.717) is 5.56 Å². The summed E-state index contributed by atoms with van der Waals surface area (Å²) in [5.74, 6) is -1.31. The Hall–Kier alpha value is -3.23. The maximum atomic E-state index is 12.8. The number of benzene rings is 1. The highest BCUT2D eigenvalue weighted by Gasteiger charge is 2.30. The predicted octanol–water partition coefficient (Wildman–Crippen LogP) is 2.56. The number of rotatable bonds is 6. The molecule has 1 aliphatic rings. The molecule has 1 saturated heterocycles. The van der Waals surface area contributed by atoms with Crippen LogP contribution in [0.25, 0.3) is 0 Å². The molecule has 1 aromatic carbocycles. The fourth-order valence-electron chi connectivity index (χ4n) is 2.93. The molecule has 0 atom stereocenters. The van der Waals surface area contributed by atoms with Gasteiger partial charge < -0.3 is 4.74 Å². The van der Waals surface area contributed by atoms with Crippen molar-refractivity contribution < 1.29 is 27.5 Å². The summed E-state index contributed by atoms with van der Waals surface area (Å²) in [6.07, 6.45) is 0.246. The highest BCUT2D eigenvalue weighted by Crippen LogP contribution is 2.35. The van der Waals surface area contributed by atoms with Crippen molar-refractivity contribution >= 4 is 49.8 Å². The van der Waals surface area contributed by atoms with Crippen LogP contribution in [-0.2, 0) is 24.3 Å². The highest BCUT2D eigenvalue weighted by atomic mass is 32.2. The Morgan fingerprint density at radius 3 is 2.37 bits per heavy atom. The number of anilines is 2. The van der Waals surface area contributed by atoms with Crippen molar-refractivity contribution in [2.24, 2.45) is 0 Å². The number of imide groups is 1. The number of ether oxygens (including phenoxy) is 1. The van der Waals surface area contributed by atoms with Crippen LogP contribution in [-0.4, -0.2) is 32.8 Å². The molecular weight excluding hydrogens is 430 g/mol. The van der Waals surface area contributed by atoms with E-state index in [4.69, 9.17) is 4.74 Å². The molecule has 30 heavy (non-hydrogen) atoms. The molecule has 0 spiro atoms. The van der Waals surface area contributed by atoms with Gasteiger partial charge in [0.05, 0.1) is 22.8 Å². The van der Waals surface area contributed by atoms with Gasteiger partial charge in [0.15, 0.2) is 0 Å². The van der Waals surface area contributed by atoms with E-state index in [1.807, 2.05) is 6.07 Å². The van der Waals surface area contributed by atoms with E-state index in [1.54, 1.807) is 6.92 Å². The van der Waals surface area contributed by atoms with Gasteiger partial charge in [-0.15, -0.1) is 11.3 Å². The summed E-state index contributed by atoms with van der Waals surface area (Å²) in [5, 5.41) is 9.41. The van der Waals surface area contributed by atoms with Gasteiger partial charge in [0.2, 0.25) is 11.8 Å². The fraction of sp³-hybridized carbons (Fsp3) is 0.263. The fourth-order valence-corrected chi connectivity index (χ4v) is 5.29. The second kappa shape index (κ2) is 8.25. The summed E-state index contributed by atoms with van der Waals surface area (Å²) in [5.41, 5.74) is 0.660. The molecule has 1 aliphatic heterocycles. The van der Waals surface area contributed by atoms with Gasteiger partial charge in [-0.05, 0) is 43.7 Å². The van der Waals surface area contributed by atoms with Crippen LogP contribution >= 0.6 is 11.3 Å². The number of hydrogen-bond acceptors (Lipinski definition) is 8. The molecular formula is C19H17N3O6S2. The first-order chi connectivity index (χ1) is 14.2. The monoisotopic (exact) mass is 447 g/mol. The Labute approximate surface area is 176 Å². The molecule has 0 unspecified atom stereocenters. The molecule has 1 aromatic heterocycles. The van der Waals surface area contributed by atoms with Gasteiger partial charge in [0.1, 0.15) is 15.9 Å². The van der Waals surface area contributed by atoms with Crippen molar-refractivity contribution in [3.63, 3.8) is 0 Å². The lowest BCUT2D eigenvalue weighted by molar-refractivity contribution is -0.121. The van der Waals surface area contributed by atoms with Crippen LogP contribution in [0, 0.1) is 18.3 Å². The van der Waals surface area contributed by atoms with Crippen LogP contribution < -0.4 is 9.62 Å². The second-order valence-electron chi connectivity index (χ2n) is 6.31. The van der Waals surface area contributed by atoms with E-state index in [1.165, 1.54) is 31.2 Å². The van der Waals surface area contributed by atoms with E-state index >= 15 is 0 Å². The number of sulfonamides is 1. The lowest BCUT2D eigenvalue weighted by Crippen LogP contribution is -2.28. The first-order valence-electron chi connectivity index (χ1n) is 8.89. The number of carbonyl (C=O) groups excluding carboxylic acids is 3. The molecule has 1 fully saturated rings. The Balaban J connectivity index is 1.89. The summed E-state index contributed by atoms with van der Waals surface area (Å²) in [6.45, 7) is 3.33. The Morgan fingerprint density at radius 2 is 1.83 bits per heavy atom. The van der Waals surface area contributed by atoms with Crippen LogP contribution in [0.4, 0.5) is 10.7 Å². The number of hydrogen-bond donors (Lipinski definition) is 1. The van der Waals surface area contributed by atoms with E-state index < -0.39 is 16.0 Å². The molecule has 3 rings (SSSR count). The van der Waals surface area contributed by atoms with Gasteiger partial charge >= 0.3 is 5.97 Å². The maximum absolute atomic E-state index is 12.8. The summed E-state index contributed by atoms with van der Waals surface area (Å²) < 4.78 is 32.8. The van der Waals surface area contributed by atoms with Crippen LogP contribution in [0.3, 0.4) is 0 Å². The van der Waals surface area contributed by atoms with Crippen molar-refractivity contribution in [2.75, 3.05) is 16.2 Å². The largest absolute Gasteiger partial charge is 0.462 e. The normalized spacial score (nSPS) is 14.0. The summed E-state index contributed by atoms with van der Waals surface area (Å²) in [6, 6.07) is 7.16. The Bertz CT molecular complexity index is 1160. The van der Waals surface area contributed by atoms with Crippen LogP contribution in [0.15, 0.2) is 29.2 Å². The average Bonchev–Trinajstić information content (AvgIpc) is 3.20. The lowest BCUT2D eigenvalue weighted by Gasteiger charge is -2.14. The average molecular weight is 447 g/mol. The summed E-state index contributed by atoms with van der Waals surface area (Å²) in [7, 11) is -4.09. The molecule has 2 aromatic rings. The number of nitriles is 1. The topological polar surface area (TPSA) is 134 Å². The molecule has 2 heterocycles. The summed E-state index contributed by atoms with van der Waals surface area (Å²) >= 11 is 0.820.